The molecular formula is C14H16O6. The summed E-state index contributed by atoms with van der Waals surface area (Å²) in [6.07, 6.45) is 0.694. The van der Waals surface area contributed by atoms with Gasteiger partial charge in [-0.2, -0.15) is 0 Å². The first-order chi connectivity index (χ1) is 9.69. The number of hydrogen-bond acceptors (Lipinski definition) is 6. The highest BCUT2D eigenvalue weighted by Gasteiger charge is 2.18. The van der Waals surface area contributed by atoms with Gasteiger partial charge in [0, 0.05) is 0 Å². The van der Waals surface area contributed by atoms with E-state index in [1.165, 1.54) is 0 Å². The van der Waals surface area contributed by atoms with Crippen molar-refractivity contribution >= 4 is 11.0 Å². The van der Waals surface area contributed by atoms with Crippen molar-refractivity contribution in [2.75, 3.05) is 19.8 Å². The average Bonchev–Trinajstić information content (AvgIpc) is 2.44. The number of benzene rings is 1. The third-order valence-corrected chi connectivity index (χ3v) is 2.63. The molecule has 20 heavy (non-hydrogen) atoms. The molecule has 0 fully saturated rings. The number of fused-ring (bicyclic) bond motifs is 1. The van der Waals surface area contributed by atoms with E-state index in [-0.39, 0.29) is 35.7 Å². The lowest BCUT2D eigenvalue weighted by atomic mass is 10.2. The number of aliphatic hydroxyl groups excluding tert-OH is 1. The van der Waals surface area contributed by atoms with Crippen LogP contribution in [0.2, 0.25) is 0 Å². The molecule has 2 rings (SSSR count). The van der Waals surface area contributed by atoms with Crippen molar-refractivity contribution in [1.29, 1.82) is 0 Å². The summed E-state index contributed by atoms with van der Waals surface area (Å²) in [5, 5.41) is 19.3. The predicted molar refractivity (Wildman–Crippen MR) is 72.5 cm³/mol. The summed E-state index contributed by atoms with van der Waals surface area (Å²) >= 11 is 0. The van der Waals surface area contributed by atoms with E-state index in [1.54, 1.807) is 18.2 Å². The zero-order valence-corrected chi connectivity index (χ0v) is 11.1. The standard InChI is InChI=1S/C14H16O6/c1-2-7-19-13-12(16)11-9(18-8-6-15)4-3-5-10(11)20-14(13)17/h3-5,15-16H,2,6-8H2,1H3. The maximum absolute atomic E-state index is 11.8. The SMILES string of the molecule is CCCOc1c(O)c2c(OCCO)cccc2oc1=O. The Morgan fingerprint density at radius 3 is 2.75 bits per heavy atom. The Hall–Kier alpha value is -2.21. The molecule has 0 atom stereocenters. The molecule has 0 aliphatic heterocycles. The third-order valence-electron chi connectivity index (χ3n) is 2.63. The first-order valence-electron chi connectivity index (χ1n) is 6.34. The van der Waals surface area contributed by atoms with Gasteiger partial charge in [0.05, 0.1) is 13.2 Å². The Labute approximate surface area is 115 Å². The Morgan fingerprint density at radius 1 is 1.25 bits per heavy atom. The molecule has 1 aromatic heterocycles. The van der Waals surface area contributed by atoms with Gasteiger partial charge in [-0.05, 0) is 18.6 Å². The van der Waals surface area contributed by atoms with Crippen LogP contribution < -0.4 is 15.1 Å². The van der Waals surface area contributed by atoms with Gasteiger partial charge < -0.3 is 24.1 Å². The van der Waals surface area contributed by atoms with E-state index < -0.39 is 5.63 Å². The van der Waals surface area contributed by atoms with Crippen LogP contribution >= 0.6 is 0 Å². The van der Waals surface area contributed by atoms with Gasteiger partial charge in [-0.25, -0.2) is 4.79 Å². The monoisotopic (exact) mass is 280 g/mol. The van der Waals surface area contributed by atoms with E-state index >= 15 is 0 Å². The lowest BCUT2D eigenvalue weighted by Crippen LogP contribution is -2.09. The van der Waals surface area contributed by atoms with Crippen LogP contribution in [0, 0.1) is 0 Å². The van der Waals surface area contributed by atoms with E-state index in [1.807, 2.05) is 6.92 Å². The molecule has 1 heterocycles. The summed E-state index contributed by atoms with van der Waals surface area (Å²) in [6, 6.07) is 4.79. The molecule has 0 radical (unpaired) electrons. The maximum Gasteiger partial charge on any atom is 0.383 e. The summed E-state index contributed by atoms with van der Waals surface area (Å²) < 4.78 is 15.7. The van der Waals surface area contributed by atoms with E-state index in [4.69, 9.17) is 19.0 Å². The number of hydrogen-bond donors (Lipinski definition) is 2. The van der Waals surface area contributed by atoms with Crippen LogP contribution in [0.25, 0.3) is 11.0 Å². The molecule has 0 bridgehead atoms. The first-order valence-corrected chi connectivity index (χ1v) is 6.34. The summed E-state index contributed by atoms with van der Waals surface area (Å²) in [4.78, 5) is 11.8. The smallest absolute Gasteiger partial charge is 0.383 e. The first kappa shape index (κ1) is 14.2. The maximum atomic E-state index is 11.8. The normalized spacial score (nSPS) is 10.7. The van der Waals surface area contributed by atoms with Gasteiger partial charge in [-0.3, -0.25) is 0 Å². The third kappa shape index (κ3) is 2.70. The molecule has 2 aromatic rings. The highest BCUT2D eigenvalue weighted by molar-refractivity contribution is 5.91. The minimum absolute atomic E-state index is 0.0723. The Bertz CT molecular complexity index is 646. The van der Waals surface area contributed by atoms with Crippen molar-refractivity contribution in [2.45, 2.75) is 13.3 Å². The molecular weight excluding hydrogens is 264 g/mol. The van der Waals surface area contributed by atoms with Crippen LogP contribution in [0.1, 0.15) is 13.3 Å². The van der Waals surface area contributed by atoms with Crippen LogP contribution in [-0.2, 0) is 0 Å². The number of aliphatic hydroxyl groups is 1. The van der Waals surface area contributed by atoms with Gasteiger partial charge in [0.2, 0.25) is 5.75 Å². The van der Waals surface area contributed by atoms with Crippen molar-refractivity contribution in [3.05, 3.63) is 28.6 Å². The lowest BCUT2D eigenvalue weighted by molar-refractivity contribution is 0.202. The minimum atomic E-state index is -0.734. The van der Waals surface area contributed by atoms with Crippen molar-refractivity contribution in [2.24, 2.45) is 0 Å². The number of aromatic hydroxyl groups is 1. The molecule has 1 aromatic carbocycles. The van der Waals surface area contributed by atoms with Gasteiger partial charge in [-0.1, -0.05) is 13.0 Å². The molecule has 0 spiro atoms. The van der Waals surface area contributed by atoms with Crippen molar-refractivity contribution in [3.63, 3.8) is 0 Å². The van der Waals surface area contributed by atoms with Crippen molar-refractivity contribution in [1.82, 2.24) is 0 Å². The van der Waals surface area contributed by atoms with Gasteiger partial charge in [0.25, 0.3) is 0 Å². The Balaban J connectivity index is 2.57. The molecule has 0 aliphatic carbocycles. The summed E-state index contributed by atoms with van der Waals surface area (Å²) in [5.41, 5.74) is -0.533. The predicted octanol–water partition coefficient (Wildman–Crippen LogP) is 1.66. The van der Waals surface area contributed by atoms with Crippen molar-refractivity contribution < 1.29 is 24.1 Å². The molecule has 0 amide bonds. The van der Waals surface area contributed by atoms with Crippen LogP contribution in [0.5, 0.6) is 17.2 Å². The zero-order chi connectivity index (χ0) is 14.5. The van der Waals surface area contributed by atoms with Gasteiger partial charge in [0.1, 0.15) is 23.3 Å². The topological polar surface area (TPSA) is 89.1 Å². The van der Waals surface area contributed by atoms with Gasteiger partial charge in [0.15, 0.2) is 5.75 Å². The zero-order valence-electron chi connectivity index (χ0n) is 11.1. The van der Waals surface area contributed by atoms with E-state index in [0.717, 1.165) is 0 Å². The fourth-order valence-electron chi connectivity index (χ4n) is 1.79. The Morgan fingerprint density at radius 2 is 2.05 bits per heavy atom. The highest BCUT2D eigenvalue weighted by atomic mass is 16.5. The Kier molecular flexibility index (Phi) is 4.47. The fraction of sp³-hybridized carbons (Fsp3) is 0.357. The van der Waals surface area contributed by atoms with Crippen LogP contribution in [0.4, 0.5) is 0 Å². The number of rotatable bonds is 6. The average molecular weight is 280 g/mol. The second kappa shape index (κ2) is 6.29. The molecule has 2 N–H and O–H groups in total. The molecule has 0 saturated heterocycles. The van der Waals surface area contributed by atoms with Crippen LogP contribution in [0.15, 0.2) is 27.4 Å². The minimum Gasteiger partial charge on any atom is -0.503 e. The van der Waals surface area contributed by atoms with E-state index in [0.29, 0.717) is 18.8 Å². The molecule has 108 valence electrons. The molecule has 6 heteroatoms. The number of ether oxygens (including phenoxy) is 2. The van der Waals surface area contributed by atoms with Crippen LogP contribution in [-0.4, -0.2) is 30.0 Å². The highest BCUT2D eigenvalue weighted by Crippen LogP contribution is 2.37. The van der Waals surface area contributed by atoms with E-state index in [9.17, 15) is 9.90 Å². The second-order valence-corrected chi connectivity index (χ2v) is 4.12. The van der Waals surface area contributed by atoms with Gasteiger partial charge in [-0.15, -0.1) is 0 Å². The van der Waals surface area contributed by atoms with Crippen LogP contribution in [0.3, 0.4) is 0 Å². The van der Waals surface area contributed by atoms with E-state index in [2.05, 4.69) is 0 Å². The molecule has 0 aliphatic rings. The fourth-order valence-corrected chi connectivity index (χ4v) is 1.79. The molecule has 0 saturated carbocycles. The summed E-state index contributed by atoms with van der Waals surface area (Å²) in [5.74, 6) is -0.211. The molecule has 0 unspecified atom stereocenters. The second-order valence-electron chi connectivity index (χ2n) is 4.12. The largest absolute Gasteiger partial charge is 0.503 e. The summed E-state index contributed by atoms with van der Waals surface area (Å²) in [7, 11) is 0. The van der Waals surface area contributed by atoms with Crippen molar-refractivity contribution in [3.8, 4) is 17.2 Å². The lowest BCUT2D eigenvalue weighted by Gasteiger charge is -2.11. The summed E-state index contributed by atoms with van der Waals surface area (Å²) in [6.45, 7) is 2.09. The van der Waals surface area contributed by atoms with Gasteiger partial charge >= 0.3 is 5.63 Å². The quantitative estimate of drug-likeness (QED) is 0.782. The molecule has 6 nitrogen and oxygen atoms in total.